The van der Waals surface area contributed by atoms with Crippen LogP contribution < -0.4 is 5.32 Å². The normalized spacial score (nSPS) is 24.9. The molecule has 3 rings (SSSR count). The number of nitrogens with zero attached hydrogens (tertiary/aromatic N) is 1. The van der Waals surface area contributed by atoms with Gasteiger partial charge >= 0.3 is 0 Å². The molecular weight excluding hydrogens is 272 g/mol. The molecule has 1 unspecified atom stereocenters. The third kappa shape index (κ3) is 2.20. The summed E-state index contributed by atoms with van der Waals surface area (Å²) in [6, 6.07) is 8.12. The quantitative estimate of drug-likeness (QED) is 0.921. The van der Waals surface area contributed by atoms with Gasteiger partial charge in [-0.25, -0.2) is 0 Å². The van der Waals surface area contributed by atoms with Crippen LogP contribution in [0.25, 0.3) is 0 Å². The molecule has 0 aromatic heterocycles. The summed E-state index contributed by atoms with van der Waals surface area (Å²) < 4.78 is 0. The first-order valence-electron chi connectivity index (χ1n) is 6.90. The summed E-state index contributed by atoms with van der Waals surface area (Å²) in [6.07, 6.45) is 1.13. The topological polar surface area (TPSA) is 49.4 Å². The maximum Gasteiger partial charge on any atom is 0.256 e. The molecule has 2 aliphatic rings. The Morgan fingerprint density at radius 3 is 2.90 bits per heavy atom. The highest BCUT2D eigenvalue weighted by molar-refractivity contribution is 8.01. The predicted molar refractivity (Wildman–Crippen MR) is 79.2 cm³/mol. The number of carbonyl (C=O) groups is 2. The lowest BCUT2D eigenvalue weighted by atomic mass is 10.1. The summed E-state index contributed by atoms with van der Waals surface area (Å²) in [4.78, 5) is 25.4. The van der Waals surface area contributed by atoms with Crippen molar-refractivity contribution in [2.75, 3.05) is 12.3 Å². The van der Waals surface area contributed by atoms with Crippen molar-refractivity contribution in [3.8, 4) is 0 Å². The van der Waals surface area contributed by atoms with Gasteiger partial charge in [0, 0.05) is 25.3 Å². The summed E-state index contributed by atoms with van der Waals surface area (Å²) in [5.74, 6) is 0.941. The molecule has 106 valence electrons. The fourth-order valence-corrected chi connectivity index (χ4v) is 4.25. The number of carbonyl (C=O) groups excluding carboxylic acids is 2. The molecule has 20 heavy (non-hydrogen) atoms. The minimum Gasteiger partial charge on any atom is -0.349 e. The molecule has 2 saturated heterocycles. The Kier molecular flexibility index (Phi) is 3.46. The smallest absolute Gasteiger partial charge is 0.256 e. The summed E-state index contributed by atoms with van der Waals surface area (Å²) in [7, 11) is 0. The van der Waals surface area contributed by atoms with Crippen LogP contribution in [0.1, 0.15) is 24.0 Å². The standard InChI is InChI=1S/C15H18N2O2S/c1-11-2-4-12(5-3-11)10-16-14(19)15-7-6-13(18)17(15)8-9-20-15/h2-5H,6-10H2,1H3,(H,16,19). The molecule has 2 aliphatic heterocycles. The van der Waals surface area contributed by atoms with Gasteiger partial charge in [-0.2, -0.15) is 0 Å². The van der Waals surface area contributed by atoms with Crippen molar-refractivity contribution >= 4 is 23.6 Å². The van der Waals surface area contributed by atoms with Gasteiger partial charge in [0.05, 0.1) is 0 Å². The minimum atomic E-state index is -0.637. The third-order valence-corrected chi connectivity index (χ3v) is 5.47. The van der Waals surface area contributed by atoms with Crippen LogP contribution in [0.2, 0.25) is 0 Å². The molecule has 4 nitrogen and oxygen atoms in total. The van der Waals surface area contributed by atoms with Crippen LogP contribution in [0.15, 0.2) is 24.3 Å². The molecule has 0 spiro atoms. The molecule has 0 aliphatic carbocycles. The zero-order chi connectivity index (χ0) is 14.2. The van der Waals surface area contributed by atoms with Crippen molar-refractivity contribution in [2.45, 2.75) is 31.2 Å². The molecule has 5 heteroatoms. The molecule has 1 atom stereocenters. The summed E-state index contributed by atoms with van der Waals surface area (Å²) >= 11 is 1.60. The highest BCUT2D eigenvalue weighted by atomic mass is 32.2. The molecule has 2 fully saturated rings. The molecule has 0 bridgehead atoms. The van der Waals surface area contributed by atoms with Gasteiger partial charge in [0.2, 0.25) is 5.91 Å². The molecule has 0 radical (unpaired) electrons. The Morgan fingerprint density at radius 2 is 2.15 bits per heavy atom. The Labute approximate surface area is 122 Å². The number of benzene rings is 1. The average molecular weight is 290 g/mol. The molecular formula is C15H18N2O2S. The van der Waals surface area contributed by atoms with Crippen molar-refractivity contribution in [1.29, 1.82) is 0 Å². The van der Waals surface area contributed by atoms with Gasteiger partial charge in [-0.1, -0.05) is 29.8 Å². The molecule has 2 heterocycles. The number of amides is 2. The number of nitrogens with one attached hydrogen (secondary N) is 1. The number of hydrogen-bond acceptors (Lipinski definition) is 3. The van der Waals surface area contributed by atoms with E-state index in [4.69, 9.17) is 0 Å². The molecule has 1 N–H and O–H groups in total. The first-order chi connectivity index (χ1) is 9.62. The van der Waals surface area contributed by atoms with Crippen LogP contribution in [0.3, 0.4) is 0 Å². The van der Waals surface area contributed by atoms with Crippen molar-refractivity contribution in [3.63, 3.8) is 0 Å². The minimum absolute atomic E-state index is 0.0218. The van der Waals surface area contributed by atoms with E-state index in [2.05, 4.69) is 5.32 Å². The predicted octanol–water partition coefficient (Wildman–Crippen LogP) is 1.68. The van der Waals surface area contributed by atoms with E-state index in [1.807, 2.05) is 31.2 Å². The average Bonchev–Trinajstić information content (AvgIpc) is 3.00. The van der Waals surface area contributed by atoms with Crippen molar-refractivity contribution in [1.82, 2.24) is 10.2 Å². The van der Waals surface area contributed by atoms with Crippen LogP contribution in [-0.2, 0) is 16.1 Å². The molecule has 1 aromatic carbocycles. The fourth-order valence-electron chi connectivity index (χ4n) is 2.84. The monoisotopic (exact) mass is 290 g/mol. The lowest BCUT2D eigenvalue weighted by molar-refractivity contribution is -0.135. The van der Waals surface area contributed by atoms with Gasteiger partial charge in [0.15, 0.2) is 4.87 Å². The lowest BCUT2D eigenvalue weighted by Gasteiger charge is -2.29. The van der Waals surface area contributed by atoms with Gasteiger partial charge in [0.25, 0.3) is 5.91 Å². The summed E-state index contributed by atoms with van der Waals surface area (Å²) in [5.41, 5.74) is 2.29. The zero-order valence-electron chi connectivity index (χ0n) is 11.5. The molecule has 2 amide bonds. The van der Waals surface area contributed by atoms with Gasteiger partial charge in [0.1, 0.15) is 0 Å². The molecule has 0 saturated carbocycles. The number of hydrogen-bond donors (Lipinski definition) is 1. The van der Waals surface area contributed by atoms with E-state index in [0.29, 0.717) is 25.9 Å². The highest BCUT2D eigenvalue weighted by Crippen LogP contribution is 2.44. The van der Waals surface area contributed by atoms with Crippen molar-refractivity contribution < 1.29 is 9.59 Å². The van der Waals surface area contributed by atoms with Crippen LogP contribution in [0, 0.1) is 6.92 Å². The summed E-state index contributed by atoms with van der Waals surface area (Å²) in [6.45, 7) is 3.25. The Balaban J connectivity index is 1.67. The van der Waals surface area contributed by atoms with Crippen LogP contribution in [-0.4, -0.2) is 33.9 Å². The van der Waals surface area contributed by atoms with E-state index in [0.717, 1.165) is 11.3 Å². The van der Waals surface area contributed by atoms with Crippen LogP contribution >= 0.6 is 11.8 Å². The fraction of sp³-hybridized carbons (Fsp3) is 0.467. The van der Waals surface area contributed by atoms with E-state index in [-0.39, 0.29) is 11.8 Å². The van der Waals surface area contributed by atoms with Gasteiger partial charge in [-0.3, -0.25) is 9.59 Å². The second-order valence-corrected chi connectivity index (χ2v) is 6.72. The number of fused-ring (bicyclic) bond motifs is 1. The van der Waals surface area contributed by atoms with Crippen LogP contribution in [0.5, 0.6) is 0 Å². The second kappa shape index (κ2) is 5.13. The largest absolute Gasteiger partial charge is 0.349 e. The second-order valence-electron chi connectivity index (χ2n) is 5.35. The number of rotatable bonds is 3. The third-order valence-electron chi connectivity index (χ3n) is 4.00. The van der Waals surface area contributed by atoms with E-state index >= 15 is 0 Å². The van der Waals surface area contributed by atoms with E-state index in [1.54, 1.807) is 16.7 Å². The highest BCUT2D eigenvalue weighted by Gasteiger charge is 2.54. The number of thioether (sulfide) groups is 1. The van der Waals surface area contributed by atoms with E-state index in [1.165, 1.54) is 5.56 Å². The Hall–Kier alpha value is -1.49. The summed E-state index contributed by atoms with van der Waals surface area (Å²) in [5, 5.41) is 2.99. The lowest BCUT2D eigenvalue weighted by Crippen LogP contribution is -2.50. The molecule has 1 aromatic rings. The van der Waals surface area contributed by atoms with Crippen molar-refractivity contribution in [3.05, 3.63) is 35.4 Å². The van der Waals surface area contributed by atoms with E-state index < -0.39 is 4.87 Å². The van der Waals surface area contributed by atoms with Crippen LogP contribution in [0.4, 0.5) is 0 Å². The number of aryl methyl sites for hydroxylation is 1. The van der Waals surface area contributed by atoms with Crippen molar-refractivity contribution in [2.24, 2.45) is 0 Å². The first-order valence-corrected chi connectivity index (χ1v) is 7.89. The Bertz CT molecular complexity index is 543. The van der Waals surface area contributed by atoms with Gasteiger partial charge in [-0.05, 0) is 18.9 Å². The zero-order valence-corrected chi connectivity index (χ0v) is 12.3. The van der Waals surface area contributed by atoms with Gasteiger partial charge in [-0.15, -0.1) is 11.8 Å². The van der Waals surface area contributed by atoms with E-state index in [9.17, 15) is 9.59 Å². The maximum absolute atomic E-state index is 12.5. The maximum atomic E-state index is 12.5. The SMILES string of the molecule is Cc1ccc(CNC(=O)C23CCC(=O)N2CCS3)cc1. The Morgan fingerprint density at radius 1 is 1.40 bits per heavy atom. The first kappa shape index (κ1) is 13.5. The van der Waals surface area contributed by atoms with Gasteiger partial charge < -0.3 is 10.2 Å².